The molecular weight excluding hydrogens is 384 g/mol. The molecule has 0 unspecified atom stereocenters. The second-order valence-electron chi connectivity index (χ2n) is 6.25. The van der Waals surface area contributed by atoms with E-state index in [2.05, 4.69) is 9.36 Å². The quantitative estimate of drug-likeness (QED) is 0.472. The van der Waals surface area contributed by atoms with E-state index < -0.39 is 0 Å². The molecule has 1 aromatic carbocycles. The zero-order valence-electron chi connectivity index (χ0n) is 13.9. The van der Waals surface area contributed by atoms with Gasteiger partial charge in [-0.2, -0.15) is 4.37 Å². The molecule has 0 radical (unpaired) electrons. The van der Waals surface area contributed by atoms with Gasteiger partial charge in [-0.3, -0.25) is 9.36 Å². The summed E-state index contributed by atoms with van der Waals surface area (Å²) in [7, 11) is 1.76. The number of nitrogens with zero attached hydrogens (tertiary/aromatic N) is 4. The van der Waals surface area contributed by atoms with E-state index in [0.717, 1.165) is 25.4 Å². The highest BCUT2D eigenvalue weighted by Gasteiger charge is 2.28. The van der Waals surface area contributed by atoms with Crippen molar-refractivity contribution in [2.24, 2.45) is 7.05 Å². The molecule has 3 heterocycles. The summed E-state index contributed by atoms with van der Waals surface area (Å²) in [4.78, 5) is 23.9. The minimum absolute atomic E-state index is 0.0251. The van der Waals surface area contributed by atoms with Gasteiger partial charge < -0.3 is 0 Å². The minimum atomic E-state index is -0.0251. The molecule has 130 valence electrons. The van der Waals surface area contributed by atoms with Crippen molar-refractivity contribution in [3.8, 4) is 10.4 Å². The van der Waals surface area contributed by atoms with Gasteiger partial charge in [0.2, 0.25) is 0 Å². The van der Waals surface area contributed by atoms with E-state index in [1.807, 2.05) is 36.4 Å². The fourth-order valence-corrected chi connectivity index (χ4v) is 5.45. The second kappa shape index (κ2) is 6.29. The summed E-state index contributed by atoms with van der Waals surface area (Å²) in [6, 6.07) is 12.0. The van der Waals surface area contributed by atoms with Gasteiger partial charge in [-0.25, -0.2) is 9.97 Å². The Morgan fingerprint density at radius 1 is 1.19 bits per heavy atom. The smallest absolute Gasteiger partial charge is 0.262 e. The fourth-order valence-electron chi connectivity index (χ4n) is 2.73. The molecule has 0 saturated heterocycles. The van der Waals surface area contributed by atoms with Crippen LogP contribution in [0.1, 0.15) is 24.6 Å². The summed E-state index contributed by atoms with van der Waals surface area (Å²) in [6.07, 6.45) is 2.36. The molecule has 4 aromatic rings. The first-order valence-electron chi connectivity index (χ1n) is 8.26. The third-order valence-corrected chi connectivity index (χ3v) is 7.23. The number of aromatic nitrogens is 4. The van der Waals surface area contributed by atoms with Crippen LogP contribution in [0, 0.1) is 0 Å². The summed E-state index contributed by atoms with van der Waals surface area (Å²) in [5.74, 6) is 1.47. The third-order valence-electron chi connectivity index (χ3n) is 4.33. The Morgan fingerprint density at radius 3 is 2.77 bits per heavy atom. The van der Waals surface area contributed by atoms with Crippen LogP contribution in [0.3, 0.4) is 0 Å². The lowest BCUT2D eigenvalue weighted by Gasteiger charge is -2.04. The normalized spacial score (nSPS) is 14.2. The van der Waals surface area contributed by atoms with Crippen LogP contribution in [-0.2, 0) is 7.05 Å². The Balaban J connectivity index is 1.55. The number of thiophene rings is 1. The van der Waals surface area contributed by atoms with Crippen molar-refractivity contribution in [1.29, 1.82) is 0 Å². The molecule has 0 spiro atoms. The molecule has 1 fully saturated rings. The van der Waals surface area contributed by atoms with Crippen LogP contribution in [0.2, 0.25) is 0 Å². The Bertz CT molecular complexity index is 1160. The molecule has 26 heavy (non-hydrogen) atoms. The maximum atomic E-state index is 12.8. The zero-order valence-corrected chi connectivity index (χ0v) is 16.3. The molecule has 5 nitrogen and oxygen atoms in total. The third kappa shape index (κ3) is 2.87. The number of hydrogen-bond donors (Lipinski definition) is 0. The van der Waals surface area contributed by atoms with Gasteiger partial charge in [-0.05, 0) is 47.8 Å². The van der Waals surface area contributed by atoms with E-state index in [1.165, 1.54) is 36.1 Å². The maximum Gasteiger partial charge on any atom is 0.262 e. The summed E-state index contributed by atoms with van der Waals surface area (Å²) in [5.41, 5.74) is 1.08. The van der Waals surface area contributed by atoms with Crippen LogP contribution in [0.5, 0.6) is 0 Å². The summed E-state index contributed by atoms with van der Waals surface area (Å²) in [5, 5.41) is 1.32. The lowest BCUT2D eigenvalue weighted by molar-refractivity contribution is 0.727. The van der Waals surface area contributed by atoms with Crippen molar-refractivity contribution in [1.82, 2.24) is 18.9 Å². The molecule has 0 N–H and O–H groups in total. The molecule has 0 atom stereocenters. The van der Waals surface area contributed by atoms with Gasteiger partial charge in [-0.15, -0.1) is 11.3 Å². The molecule has 1 saturated carbocycles. The second-order valence-corrected chi connectivity index (χ2v) is 9.25. The van der Waals surface area contributed by atoms with E-state index in [0.29, 0.717) is 16.5 Å². The van der Waals surface area contributed by atoms with Crippen molar-refractivity contribution in [3.63, 3.8) is 0 Å². The molecule has 8 heteroatoms. The van der Waals surface area contributed by atoms with Crippen molar-refractivity contribution in [3.05, 3.63) is 52.6 Å². The van der Waals surface area contributed by atoms with Gasteiger partial charge in [0.15, 0.2) is 9.50 Å². The van der Waals surface area contributed by atoms with Crippen molar-refractivity contribution < 1.29 is 0 Å². The number of fused-ring (bicyclic) bond motifs is 1. The standard InChI is InChI=1S/C18H14N4OS3/c1-22-16(23)12-9-13(10-5-3-2-4-6-10)24-15(12)20-17(22)25-18-19-14(21-26-18)11-7-8-11/h2-6,9,11H,7-8H2,1H3. The molecular formula is C18H14N4OS3. The summed E-state index contributed by atoms with van der Waals surface area (Å²) in [6.45, 7) is 0. The topological polar surface area (TPSA) is 60.7 Å². The first-order valence-corrected chi connectivity index (χ1v) is 10.7. The van der Waals surface area contributed by atoms with E-state index in [4.69, 9.17) is 4.98 Å². The van der Waals surface area contributed by atoms with E-state index >= 15 is 0 Å². The summed E-state index contributed by atoms with van der Waals surface area (Å²) >= 11 is 4.35. The van der Waals surface area contributed by atoms with E-state index in [1.54, 1.807) is 23.0 Å². The van der Waals surface area contributed by atoms with Crippen LogP contribution in [0.15, 0.2) is 50.7 Å². The monoisotopic (exact) mass is 398 g/mol. The molecule has 1 aliphatic carbocycles. The SMILES string of the molecule is Cn1c(Sc2nc(C3CC3)ns2)nc2sc(-c3ccccc3)cc2c1=O. The van der Waals surface area contributed by atoms with Crippen LogP contribution in [-0.4, -0.2) is 18.9 Å². The maximum absolute atomic E-state index is 12.8. The Morgan fingerprint density at radius 2 is 2.00 bits per heavy atom. The molecule has 0 bridgehead atoms. The zero-order chi connectivity index (χ0) is 17.7. The van der Waals surface area contributed by atoms with Crippen LogP contribution in [0.4, 0.5) is 0 Å². The first kappa shape index (κ1) is 16.2. The van der Waals surface area contributed by atoms with E-state index in [9.17, 15) is 4.79 Å². The molecule has 3 aromatic heterocycles. The van der Waals surface area contributed by atoms with Gasteiger partial charge >= 0.3 is 0 Å². The highest BCUT2D eigenvalue weighted by atomic mass is 32.2. The van der Waals surface area contributed by atoms with Gasteiger partial charge in [0.05, 0.1) is 5.39 Å². The van der Waals surface area contributed by atoms with Crippen molar-refractivity contribution >= 4 is 44.8 Å². The average Bonchev–Trinajstić information content (AvgIpc) is 3.26. The first-order chi connectivity index (χ1) is 12.7. The number of rotatable bonds is 4. The lowest BCUT2D eigenvalue weighted by Crippen LogP contribution is -2.18. The Kier molecular flexibility index (Phi) is 3.91. The van der Waals surface area contributed by atoms with Gasteiger partial charge in [0.25, 0.3) is 5.56 Å². The van der Waals surface area contributed by atoms with Crippen molar-refractivity contribution in [2.75, 3.05) is 0 Å². The minimum Gasteiger partial charge on any atom is -0.290 e. The number of hydrogen-bond acceptors (Lipinski definition) is 7. The lowest BCUT2D eigenvalue weighted by atomic mass is 10.2. The molecule has 0 amide bonds. The average molecular weight is 399 g/mol. The van der Waals surface area contributed by atoms with Gasteiger partial charge in [0, 0.05) is 17.8 Å². The molecule has 0 aliphatic heterocycles. The highest BCUT2D eigenvalue weighted by Crippen LogP contribution is 2.40. The predicted octanol–water partition coefficient (Wildman–Crippen LogP) is 4.54. The van der Waals surface area contributed by atoms with Crippen LogP contribution >= 0.6 is 34.6 Å². The van der Waals surface area contributed by atoms with Crippen molar-refractivity contribution in [2.45, 2.75) is 28.3 Å². The Hall–Kier alpha value is -2.03. The molecule has 1 aliphatic rings. The van der Waals surface area contributed by atoms with Gasteiger partial charge in [0.1, 0.15) is 10.7 Å². The highest BCUT2D eigenvalue weighted by molar-refractivity contribution is 8.00. The predicted molar refractivity (Wildman–Crippen MR) is 106 cm³/mol. The van der Waals surface area contributed by atoms with Gasteiger partial charge in [-0.1, -0.05) is 30.3 Å². The molecule has 5 rings (SSSR count). The van der Waals surface area contributed by atoms with Crippen LogP contribution < -0.4 is 5.56 Å². The Labute approximate surface area is 161 Å². The largest absolute Gasteiger partial charge is 0.290 e. The summed E-state index contributed by atoms with van der Waals surface area (Å²) < 4.78 is 6.87. The number of benzene rings is 1. The van der Waals surface area contributed by atoms with E-state index in [-0.39, 0.29) is 5.56 Å². The fraction of sp³-hybridized carbons (Fsp3) is 0.222. The van der Waals surface area contributed by atoms with Crippen LogP contribution in [0.25, 0.3) is 20.7 Å².